The van der Waals surface area contributed by atoms with E-state index < -0.39 is 0 Å². The third kappa shape index (κ3) is 3.85. The SMILES string of the molecule is CCN(CC)C(=O)CN1CCN(C(=O)c2cc(C)no2)CC1. The third-order valence-electron chi connectivity index (χ3n) is 3.97. The van der Waals surface area contributed by atoms with Crippen molar-refractivity contribution in [3.63, 3.8) is 0 Å². The van der Waals surface area contributed by atoms with Crippen molar-refractivity contribution in [1.29, 1.82) is 0 Å². The van der Waals surface area contributed by atoms with E-state index in [-0.39, 0.29) is 17.6 Å². The Kier molecular flexibility index (Phi) is 5.54. The molecule has 0 N–H and O–H groups in total. The van der Waals surface area contributed by atoms with E-state index in [1.54, 1.807) is 17.9 Å². The highest BCUT2D eigenvalue weighted by molar-refractivity contribution is 5.91. The highest BCUT2D eigenvalue weighted by atomic mass is 16.5. The zero-order valence-corrected chi connectivity index (χ0v) is 13.5. The van der Waals surface area contributed by atoms with Gasteiger partial charge in [0.05, 0.1) is 12.2 Å². The Hall–Kier alpha value is -1.89. The summed E-state index contributed by atoms with van der Waals surface area (Å²) >= 11 is 0. The molecule has 122 valence electrons. The first kappa shape index (κ1) is 16.5. The minimum Gasteiger partial charge on any atom is -0.351 e. The van der Waals surface area contributed by atoms with Crippen molar-refractivity contribution in [2.75, 3.05) is 45.8 Å². The molecule has 0 saturated carbocycles. The largest absolute Gasteiger partial charge is 0.351 e. The number of nitrogens with zero attached hydrogens (tertiary/aromatic N) is 4. The van der Waals surface area contributed by atoms with Crippen molar-refractivity contribution >= 4 is 11.8 Å². The van der Waals surface area contributed by atoms with Crippen LogP contribution in [0.15, 0.2) is 10.6 Å². The molecule has 0 aliphatic carbocycles. The Morgan fingerprint density at radius 1 is 1.23 bits per heavy atom. The fourth-order valence-electron chi connectivity index (χ4n) is 2.60. The number of carbonyl (C=O) groups excluding carboxylic acids is 2. The molecule has 0 unspecified atom stereocenters. The summed E-state index contributed by atoms with van der Waals surface area (Å²) in [5.74, 6) is 0.302. The predicted molar refractivity (Wildman–Crippen MR) is 81.5 cm³/mol. The van der Waals surface area contributed by atoms with Gasteiger partial charge in [0, 0.05) is 45.3 Å². The zero-order chi connectivity index (χ0) is 16.1. The van der Waals surface area contributed by atoms with Gasteiger partial charge in [0.25, 0.3) is 5.91 Å². The molecular formula is C15H24N4O3. The zero-order valence-electron chi connectivity index (χ0n) is 13.5. The topological polar surface area (TPSA) is 69.9 Å². The van der Waals surface area contributed by atoms with E-state index in [2.05, 4.69) is 10.1 Å². The van der Waals surface area contributed by atoms with Gasteiger partial charge in [-0.3, -0.25) is 14.5 Å². The van der Waals surface area contributed by atoms with Crippen LogP contribution in [0.2, 0.25) is 0 Å². The molecule has 0 spiro atoms. The minimum absolute atomic E-state index is 0.129. The van der Waals surface area contributed by atoms with Crippen molar-refractivity contribution in [3.05, 3.63) is 17.5 Å². The highest BCUT2D eigenvalue weighted by Gasteiger charge is 2.26. The van der Waals surface area contributed by atoms with Crippen molar-refractivity contribution in [3.8, 4) is 0 Å². The summed E-state index contributed by atoms with van der Waals surface area (Å²) in [7, 11) is 0. The summed E-state index contributed by atoms with van der Waals surface area (Å²) in [6.45, 7) is 10.3. The van der Waals surface area contributed by atoms with E-state index in [1.165, 1.54) is 0 Å². The fourth-order valence-corrected chi connectivity index (χ4v) is 2.60. The lowest BCUT2D eigenvalue weighted by molar-refractivity contribution is -0.132. The Labute approximate surface area is 130 Å². The molecule has 0 aromatic carbocycles. The molecule has 0 atom stereocenters. The van der Waals surface area contributed by atoms with Gasteiger partial charge in [-0.15, -0.1) is 0 Å². The van der Waals surface area contributed by atoms with Crippen LogP contribution in [0.3, 0.4) is 0 Å². The average Bonchev–Trinajstić information content (AvgIpc) is 2.95. The maximum absolute atomic E-state index is 12.2. The lowest BCUT2D eigenvalue weighted by atomic mass is 10.2. The monoisotopic (exact) mass is 308 g/mol. The number of piperazine rings is 1. The van der Waals surface area contributed by atoms with E-state index in [4.69, 9.17) is 4.52 Å². The van der Waals surface area contributed by atoms with Crippen LogP contribution >= 0.6 is 0 Å². The first-order valence-electron chi connectivity index (χ1n) is 7.77. The van der Waals surface area contributed by atoms with Gasteiger partial charge in [0.15, 0.2) is 0 Å². The fraction of sp³-hybridized carbons (Fsp3) is 0.667. The number of amides is 2. The number of hydrogen-bond acceptors (Lipinski definition) is 5. The summed E-state index contributed by atoms with van der Waals surface area (Å²) in [6, 6.07) is 1.65. The first-order valence-corrected chi connectivity index (χ1v) is 7.77. The third-order valence-corrected chi connectivity index (χ3v) is 3.97. The van der Waals surface area contributed by atoms with Crippen LogP contribution < -0.4 is 0 Å². The normalized spacial score (nSPS) is 15.9. The van der Waals surface area contributed by atoms with Gasteiger partial charge in [-0.1, -0.05) is 5.16 Å². The van der Waals surface area contributed by atoms with Gasteiger partial charge < -0.3 is 14.3 Å². The average molecular weight is 308 g/mol. The maximum atomic E-state index is 12.2. The van der Waals surface area contributed by atoms with Gasteiger partial charge in [-0.05, 0) is 20.8 Å². The number of likely N-dealkylation sites (N-methyl/N-ethyl adjacent to an activating group) is 1. The van der Waals surface area contributed by atoms with Gasteiger partial charge in [0.1, 0.15) is 0 Å². The Morgan fingerprint density at radius 2 is 1.86 bits per heavy atom. The number of rotatable bonds is 5. The van der Waals surface area contributed by atoms with E-state index in [0.717, 1.165) is 13.1 Å². The molecule has 2 rings (SSSR count). The summed E-state index contributed by atoms with van der Waals surface area (Å²) in [6.07, 6.45) is 0. The highest BCUT2D eigenvalue weighted by Crippen LogP contribution is 2.10. The number of hydrogen-bond donors (Lipinski definition) is 0. The molecule has 22 heavy (non-hydrogen) atoms. The Balaban J connectivity index is 1.83. The summed E-state index contributed by atoms with van der Waals surface area (Å²) in [5.41, 5.74) is 0.701. The number of aryl methyl sites for hydroxylation is 1. The molecule has 2 amide bonds. The molecule has 1 fully saturated rings. The van der Waals surface area contributed by atoms with Crippen molar-refractivity contribution < 1.29 is 14.1 Å². The first-order chi connectivity index (χ1) is 10.5. The molecule has 0 radical (unpaired) electrons. The molecule has 7 nitrogen and oxygen atoms in total. The number of aromatic nitrogens is 1. The Morgan fingerprint density at radius 3 is 2.36 bits per heavy atom. The molecule has 1 aliphatic heterocycles. The second-order valence-electron chi connectivity index (χ2n) is 5.47. The molecule has 1 aliphatic rings. The smallest absolute Gasteiger partial charge is 0.292 e. The standard InChI is InChI=1S/C15H24N4O3/c1-4-18(5-2)14(20)11-17-6-8-19(9-7-17)15(21)13-10-12(3)16-22-13/h10H,4-9,11H2,1-3H3. The lowest BCUT2D eigenvalue weighted by Crippen LogP contribution is -2.51. The summed E-state index contributed by atoms with van der Waals surface area (Å²) in [5, 5.41) is 3.74. The van der Waals surface area contributed by atoms with Crippen LogP contribution in [0.5, 0.6) is 0 Å². The maximum Gasteiger partial charge on any atom is 0.292 e. The second kappa shape index (κ2) is 7.40. The van der Waals surface area contributed by atoms with Crippen LogP contribution in [-0.2, 0) is 4.79 Å². The summed E-state index contributed by atoms with van der Waals surface area (Å²) < 4.78 is 5.02. The molecule has 1 aromatic rings. The molecular weight excluding hydrogens is 284 g/mol. The molecule has 0 bridgehead atoms. The van der Waals surface area contributed by atoms with Crippen LogP contribution in [0, 0.1) is 6.92 Å². The van der Waals surface area contributed by atoms with Gasteiger partial charge in [-0.2, -0.15) is 0 Å². The second-order valence-corrected chi connectivity index (χ2v) is 5.47. The van der Waals surface area contributed by atoms with Crippen LogP contribution in [0.4, 0.5) is 0 Å². The van der Waals surface area contributed by atoms with E-state index >= 15 is 0 Å². The van der Waals surface area contributed by atoms with Gasteiger partial charge in [-0.25, -0.2) is 0 Å². The summed E-state index contributed by atoms with van der Waals surface area (Å²) in [4.78, 5) is 30.0. The quantitative estimate of drug-likeness (QED) is 0.797. The Bertz CT molecular complexity index is 517. The molecule has 1 saturated heterocycles. The van der Waals surface area contributed by atoms with Crippen molar-refractivity contribution in [2.45, 2.75) is 20.8 Å². The molecule has 7 heteroatoms. The van der Waals surface area contributed by atoms with Gasteiger partial charge in [0.2, 0.25) is 11.7 Å². The van der Waals surface area contributed by atoms with E-state index in [1.807, 2.05) is 18.7 Å². The van der Waals surface area contributed by atoms with Crippen molar-refractivity contribution in [1.82, 2.24) is 19.9 Å². The van der Waals surface area contributed by atoms with E-state index in [9.17, 15) is 9.59 Å². The van der Waals surface area contributed by atoms with Gasteiger partial charge >= 0.3 is 0 Å². The molecule has 2 heterocycles. The van der Waals surface area contributed by atoms with Crippen LogP contribution in [0.25, 0.3) is 0 Å². The number of carbonyl (C=O) groups is 2. The lowest BCUT2D eigenvalue weighted by Gasteiger charge is -2.34. The van der Waals surface area contributed by atoms with E-state index in [0.29, 0.717) is 38.4 Å². The van der Waals surface area contributed by atoms with Crippen LogP contribution in [-0.4, -0.2) is 77.5 Å². The molecule has 1 aromatic heterocycles. The minimum atomic E-state index is -0.129. The predicted octanol–water partition coefficient (Wildman–Crippen LogP) is 0.609. The van der Waals surface area contributed by atoms with Crippen LogP contribution in [0.1, 0.15) is 30.1 Å². The van der Waals surface area contributed by atoms with Crippen molar-refractivity contribution in [2.24, 2.45) is 0 Å².